The van der Waals surface area contributed by atoms with E-state index in [4.69, 9.17) is 0 Å². The molecule has 5 nitrogen and oxygen atoms in total. The van der Waals surface area contributed by atoms with Gasteiger partial charge in [-0.1, -0.05) is 25.1 Å². The minimum absolute atomic E-state index is 0.0460. The quantitative estimate of drug-likeness (QED) is 0.782. The molecule has 0 N–H and O–H groups in total. The Hall–Kier alpha value is -2.95. The highest BCUT2D eigenvalue weighted by atomic mass is 16.2. The standard InChI is InChI=1S/C21H20N2O3/c1-14-9-11-22(12-10-14)19(24)15-5-4-6-16(13-15)23-20(25)17-7-2-3-8-18(17)21(23)26/h2-8,13-14H,9-12H2,1H3. The van der Waals surface area contributed by atoms with Crippen molar-refractivity contribution in [3.63, 3.8) is 0 Å². The summed E-state index contributed by atoms with van der Waals surface area (Å²) in [4.78, 5) is 41.1. The van der Waals surface area contributed by atoms with Gasteiger partial charge in [0.1, 0.15) is 0 Å². The highest BCUT2D eigenvalue weighted by Gasteiger charge is 2.36. The lowest BCUT2D eigenvalue weighted by molar-refractivity contribution is 0.0696. The molecule has 2 aliphatic heterocycles. The molecule has 1 fully saturated rings. The first-order chi connectivity index (χ1) is 12.6. The van der Waals surface area contributed by atoms with Gasteiger partial charge < -0.3 is 4.90 Å². The third-order valence-electron chi connectivity index (χ3n) is 5.22. The van der Waals surface area contributed by atoms with E-state index in [2.05, 4.69) is 6.92 Å². The fraction of sp³-hybridized carbons (Fsp3) is 0.286. The minimum Gasteiger partial charge on any atom is -0.339 e. The number of benzene rings is 2. The molecule has 26 heavy (non-hydrogen) atoms. The number of imide groups is 1. The maximum atomic E-state index is 12.8. The van der Waals surface area contributed by atoms with Crippen molar-refractivity contribution in [3.05, 3.63) is 65.2 Å². The van der Waals surface area contributed by atoms with E-state index in [-0.39, 0.29) is 17.7 Å². The van der Waals surface area contributed by atoms with Crippen LogP contribution in [0.3, 0.4) is 0 Å². The lowest BCUT2D eigenvalue weighted by Gasteiger charge is -2.30. The molecule has 0 radical (unpaired) electrons. The monoisotopic (exact) mass is 348 g/mol. The lowest BCUT2D eigenvalue weighted by Crippen LogP contribution is -2.38. The van der Waals surface area contributed by atoms with Crippen LogP contribution in [-0.2, 0) is 0 Å². The Morgan fingerprint density at radius 3 is 2.15 bits per heavy atom. The number of hydrogen-bond acceptors (Lipinski definition) is 3. The van der Waals surface area contributed by atoms with Gasteiger partial charge in [-0.25, -0.2) is 4.90 Å². The van der Waals surface area contributed by atoms with Gasteiger partial charge in [0.25, 0.3) is 17.7 Å². The van der Waals surface area contributed by atoms with E-state index >= 15 is 0 Å². The average molecular weight is 348 g/mol. The number of piperidine rings is 1. The van der Waals surface area contributed by atoms with Gasteiger partial charge in [0.15, 0.2) is 0 Å². The fourth-order valence-corrected chi connectivity index (χ4v) is 3.60. The van der Waals surface area contributed by atoms with Crippen LogP contribution in [0, 0.1) is 5.92 Å². The predicted octanol–water partition coefficient (Wildman–Crippen LogP) is 3.36. The van der Waals surface area contributed by atoms with E-state index in [1.807, 2.05) is 4.90 Å². The highest BCUT2D eigenvalue weighted by Crippen LogP contribution is 2.29. The molecule has 4 rings (SSSR count). The second-order valence-electron chi connectivity index (χ2n) is 7.02. The Morgan fingerprint density at radius 1 is 0.923 bits per heavy atom. The zero-order valence-electron chi connectivity index (χ0n) is 14.6. The average Bonchev–Trinajstić information content (AvgIpc) is 2.93. The molecule has 0 bridgehead atoms. The molecule has 0 aliphatic carbocycles. The summed E-state index contributed by atoms with van der Waals surface area (Å²) in [7, 11) is 0. The number of amides is 3. The molecule has 0 atom stereocenters. The number of hydrogen-bond donors (Lipinski definition) is 0. The number of carbonyl (C=O) groups excluding carboxylic acids is 3. The molecular formula is C21H20N2O3. The van der Waals surface area contributed by atoms with Crippen LogP contribution < -0.4 is 4.90 Å². The van der Waals surface area contributed by atoms with Gasteiger partial charge in [0, 0.05) is 18.7 Å². The molecule has 5 heteroatoms. The summed E-state index contributed by atoms with van der Waals surface area (Å²) in [6.45, 7) is 3.69. The summed E-state index contributed by atoms with van der Waals surface area (Å²) in [5, 5.41) is 0. The molecule has 0 aromatic heterocycles. The van der Waals surface area contributed by atoms with Gasteiger partial charge in [0.2, 0.25) is 0 Å². The first-order valence-corrected chi connectivity index (χ1v) is 8.93. The Kier molecular flexibility index (Phi) is 4.07. The molecule has 2 heterocycles. The fourth-order valence-electron chi connectivity index (χ4n) is 3.60. The van der Waals surface area contributed by atoms with E-state index < -0.39 is 0 Å². The Bertz CT molecular complexity index is 863. The summed E-state index contributed by atoms with van der Waals surface area (Å²) in [6, 6.07) is 13.6. The van der Waals surface area contributed by atoms with Crippen molar-refractivity contribution in [2.45, 2.75) is 19.8 Å². The normalized spacial score (nSPS) is 17.6. The van der Waals surface area contributed by atoms with Crippen molar-refractivity contribution in [3.8, 4) is 0 Å². The molecule has 2 aromatic rings. The number of anilines is 1. The number of nitrogens with zero attached hydrogens (tertiary/aromatic N) is 2. The van der Waals surface area contributed by atoms with E-state index in [1.54, 1.807) is 48.5 Å². The van der Waals surface area contributed by atoms with Crippen molar-refractivity contribution in [2.75, 3.05) is 18.0 Å². The zero-order valence-corrected chi connectivity index (χ0v) is 14.6. The van der Waals surface area contributed by atoms with Crippen LogP contribution in [0.1, 0.15) is 50.8 Å². The third kappa shape index (κ3) is 2.69. The number of carbonyl (C=O) groups is 3. The molecule has 3 amide bonds. The predicted molar refractivity (Wildman–Crippen MR) is 98.3 cm³/mol. The lowest BCUT2D eigenvalue weighted by atomic mass is 9.98. The van der Waals surface area contributed by atoms with Crippen molar-refractivity contribution in [1.29, 1.82) is 0 Å². The summed E-state index contributed by atoms with van der Waals surface area (Å²) < 4.78 is 0. The van der Waals surface area contributed by atoms with Gasteiger partial charge in [-0.2, -0.15) is 0 Å². The van der Waals surface area contributed by atoms with E-state index in [9.17, 15) is 14.4 Å². The van der Waals surface area contributed by atoms with E-state index in [0.29, 0.717) is 28.3 Å². The Balaban J connectivity index is 1.62. The topological polar surface area (TPSA) is 57.7 Å². The molecule has 0 unspecified atom stereocenters. The minimum atomic E-state index is -0.345. The molecule has 132 valence electrons. The van der Waals surface area contributed by atoms with Crippen molar-refractivity contribution < 1.29 is 14.4 Å². The Labute approximate surface area is 152 Å². The second kappa shape index (κ2) is 6.41. The smallest absolute Gasteiger partial charge is 0.266 e. The SMILES string of the molecule is CC1CCN(C(=O)c2cccc(N3C(=O)c4ccccc4C3=O)c2)CC1. The van der Waals surface area contributed by atoms with Crippen LogP contribution in [0.4, 0.5) is 5.69 Å². The van der Waals surface area contributed by atoms with Crippen molar-refractivity contribution in [2.24, 2.45) is 5.92 Å². The van der Waals surface area contributed by atoms with Gasteiger partial charge >= 0.3 is 0 Å². The third-order valence-corrected chi connectivity index (χ3v) is 5.22. The first-order valence-electron chi connectivity index (χ1n) is 8.93. The molecule has 0 spiro atoms. The maximum Gasteiger partial charge on any atom is 0.266 e. The number of fused-ring (bicyclic) bond motifs is 1. The van der Waals surface area contributed by atoms with Crippen LogP contribution in [0.25, 0.3) is 0 Å². The highest BCUT2D eigenvalue weighted by molar-refractivity contribution is 6.34. The molecule has 2 aromatic carbocycles. The van der Waals surface area contributed by atoms with E-state index in [1.165, 1.54) is 0 Å². The van der Waals surface area contributed by atoms with Gasteiger partial charge in [-0.3, -0.25) is 14.4 Å². The summed E-state index contributed by atoms with van der Waals surface area (Å²) >= 11 is 0. The second-order valence-corrected chi connectivity index (χ2v) is 7.02. The van der Waals surface area contributed by atoms with Crippen molar-refractivity contribution in [1.82, 2.24) is 4.90 Å². The van der Waals surface area contributed by atoms with Crippen LogP contribution in [-0.4, -0.2) is 35.7 Å². The largest absolute Gasteiger partial charge is 0.339 e. The van der Waals surface area contributed by atoms with Gasteiger partial charge in [0.05, 0.1) is 16.8 Å². The zero-order chi connectivity index (χ0) is 18.3. The number of rotatable bonds is 2. The van der Waals surface area contributed by atoms with Crippen molar-refractivity contribution >= 4 is 23.4 Å². The van der Waals surface area contributed by atoms with Crippen LogP contribution in [0.2, 0.25) is 0 Å². The number of likely N-dealkylation sites (tertiary alicyclic amines) is 1. The maximum absolute atomic E-state index is 12.8. The van der Waals surface area contributed by atoms with Crippen LogP contribution in [0.5, 0.6) is 0 Å². The molecule has 1 saturated heterocycles. The Morgan fingerprint density at radius 2 is 1.54 bits per heavy atom. The van der Waals surface area contributed by atoms with Crippen LogP contribution in [0.15, 0.2) is 48.5 Å². The van der Waals surface area contributed by atoms with E-state index in [0.717, 1.165) is 30.8 Å². The molecule has 0 saturated carbocycles. The molecule has 2 aliphatic rings. The van der Waals surface area contributed by atoms with Gasteiger partial charge in [-0.15, -0.1) is 0 Å². The summed E-state index contributed by atoms with van der Waals surface area (Å²) in [6.07, 6.45) is 2.01. The summed E-state index contributed by atoms with van der Waals surface area (Å²) in [5.74, 6) is -0.0944. The summed E-state index contributed by atoms with van der Waals surface area (Å²) in [5.41, 5.74) is 1.75. The molecular weight excluding hydrogens is 328 g/mol. The van der Waals surface area contributed by atoms with Crippen LogP contribution >= 0.6 is 0 Å². The first kappa shape index (κ1) is 16.5. The van der Waals surface area contributed by atoms with Gasteiger partial charge in [-0.05, 0) is 49.1 Å².